The third kappa shape index (κ3) is 4.75. The van der Waals surface area contributed by atoms with Gasteiger partial charge in [-0.3, -0.25) is 0 Å². The van der Waals surface area contributed by atoms with Crippen molar-refractivity contribution in [1.29, 1.82) is 0 Å². The average Bonchev–Trinajstić information content (AvgIpc) is 2.96. The van der Waals surface area contributed by atoms with Gasteiger partial charge >= 0.3 is 0 Å². The second kappa shape index (κ2) is 10.8. The number of phenols is 2. The maximum atomic E-state index is 10.9. The Labute approximate surface area is 219 Å². The number of aromatic hydroxyl groups is 2. The molecule has 0 aliphatic heterocycles. The first-order valence-electron chi connectivity index (χ1n) is 13.0. The van der Waals surface area contributed by atoms with Crippen LogP contribution in [-0.2, 0) is 5.41 Å². The molecule has 2 nitrogen and oxygen atoms in total. The maximum absolute atomic E-state index is 10.9. The van der Waals surface area contributed by atoms with Crippen molar-refractivity contribution in [2.45, 2.75) is 31.6 Å². The van der Waals surface area contributed by atoms with Gasteiger partial charge in [-0.15, -0.1) is 0 Å². The Morgan fingerprint density at radius 3 is 1.38 bits per heavy atom. The number of benzene rings is 5. The molecular formula is C35H32O2. The monoisotopic (exact) mass is 484 g/mol. The average molecular weight is 485 g/mol. The Kier molecular flexibility index (Phi) is 7.09. The van der Waals surface area contributed by atoms with Crippen LogP contribution in [0.3, 0.4) is 0 Å². The minimum atomic E-state index is -0.467. The Hall–Kier alpha value is -4.30. The van der Waals surface area contributed by atoms with E-state index in [0.29, 0.717) is 0 Å². The summed E-state index contributed by atoms with van der Waals surface area (Å²) in [5.41, 5.74) is 6.56. The molecule has 0 atom stereocenters. The minimum Gasteiger partial charge on any atom is -0.507 e. The van der Waals surface area contributed by atoms with Gasteiger partial charge in [0.05, 0.1) is 0 Å². The number of phenolic OH excluding ortho intramolecular Hbond substituents is 2. The van der Waals surface area contributed by atoms with E-state index in [0.717, 1.165) is 52.6 Å². The summed E-state index contributed by atoms with van der Waals surface area (Å²) in [5, 5.41) is 21.7. The summed E-state index contributed by atoms with van der Waals surface area (Å²) in [6.45, 7) is 2.22. The number of hydrogen-bond acceptors (Lipinski definition) is 2. The van der Waals surface area contributed by atoms with Crippen LogP contribution in [0.15, 0.2) is 127 Å². The smallest absolute Gasteiger partial charge is 0.123 e. The highest BCUT2D eigenvalue weighted by atomic mass is 16.3. The van der Waals surface area contributed by atoms with Crippen LogP contribution in [0, 0.1) is 0 Å². The molecule has 0 amide bonds. The van der Waals surface area contributed by atoms with E-state index in [1.54, 1.807) is 0 Å². The second-order valence-corrected chi connectivity index (χ2v) is 9.57. The lowest BCUT2D eigenvalue weighted by Crippen LogP contribution is -2.29. The van der Waals surface area contributed by atoms with Gasteiger partial charge in [0, 0.05) is 16.5 Å². The Morgan fingerprint density at radius 1 is 0.514 bits per heavy atom. The van der Waals surface area contributed by atoms with E-state index in [9.17, 15) is 10.2 Å². The molecule has 0 saturated carbocycles. The first-order valence-corrected chi connectivity index (χ1v) is 13.0. The van der Waals surface area contributed by atoms with Gasteiger partial charge in [-0.2, -0.15) is 0 Å². The van der Waals surface area contributed by atoms with Gasteiger partial charge in [-0.25, -0.2) is 0 Å². The van der Waals surface area contributed by atoms with E-state index in [1.807, 2.05) is 78.9 Å². The molecule has 0 aliphatic carbocycles. The third-order valence-corrected chi connectivity index (χ3v) is 7.32. The van der Waals surface area contributed by atoms with Gasteiger partial charge in [0.25, 0.3) is 0 Å². The molecule has 0 aromatic heterocycles. The maximum Gasteiger partial charge on any atom is 0.123 e. The lowest BCUT2D eigenvalue weighted by atomic mass is 9.66. The zero-order chi connectivity index (χ0) is 25.7. The molecule has 5 rings (SSSR count). The molecule has 2 N–H and O–H groups in total. The van der Waals surface area contributed by atoms with Gasteiger partial charge in [-0.05, 0) is 58.5 Å². The summed E-state index contributed by atoms with van der Waals surface area (Å²) >= 11 is 0. The lowest BCUT2D eigenvalue weighted by molar-refractivity contribution is 0.474. The van der Waals surface area contributed by atoms with Crippen LogP contribution < -0.4 is 0 Å². The molecule has 0 radical (unpaired) electrons. The summed E-state index contributed by atoms with van der Waals surface area (Å²) < 4.78 is 0. The molecule has 0 saturated heterocycles. The molecule has 5 aromatic carbocycles. The quantitative estimate of drug-likeness (QED) is 0.216. The van der Waals surface area contributed by atoms with Gasteiger partial charge in [0.1, 0.15) is 11.5 Å². The fourth-order valence-corrected chi connectivity index (χ4v) is 5.40. The molecule has 5 aromatic rings. The van der Waals surface area contributed by atoms with Crippen LogP contribution in [0.1, 0.15) is 42.9 Å². The van der Waals surface area contributed by atoms with Crippen LogP contribution in [0.4, 0.5) is 0 Å². The minimum absolute atomic E-state index is 0.267. The van der Waals surface area contributed by atoms with E-state index >= 15 is 0 Å². The van der Waals surface area contributed by atoms with Gasteiger partial charge in [0.2, 0.25) is 0 Å². The molecule has 0 fully saturated rings. The summed E-state index contributed by atoms with van der Waals surface area (Å²) in [7, 11) is 0. The van der Waals surface area contributed by atoms with Crippen LogP contribution in [0.25, 0.3) is 22.3 Å². The van der Waals surface area contributed by atoms with Crippen molar-refractivity contribution < 1.29 is 10.2 Å². The zero-order valence-electron chi connectivity index (χ0n) is 21.1. The van der Waals surface area contributed by atoms with E-state index in [2.05, 4.69) is 55.5 Å². The Balaban J connectivity index is 1.80. The van der Waals surface area contributed by atoms with Crippen LogP contribution in [0.2, 0.25) is 0 Å². The van der Waals surface area contributed by atoms with E-state index in [1.165, 1.54) is 5.56 Å². The predicted molar refractivity (Wildman–Crippen MR) is 153 cm³/mol. The fraction of sp³-hybridized carbons (Fsp3) is 0.143. The standard InChI is InChI=1S/C35H32O2/c1-2-3-23-35(28-17-11-6-12-18-28,29-19-21-33(36)31(24-29)26-13-7-4-8-14-26)30-20-22-34(37)32(25-30)27-15-9-5-10-16-27/h4-22,24-25,36-37H,2-3,23H2,1H3. The molecule has 0 spiro atoms. The first-order chi connectivity index (χ1) is 18.1. The predicted octanol–water partition coefficient (Wildman–Crippen LogP) is 8.96. The van der Waals surface area contributed by atoms with E-state index in [-0.39, 0.29) is 11.5 Å². The van der Waals surface area contributed by atoms with Crippen molar-refractivity contribution in [2.24, 2.45) is 0 Å². The summed E-state index contributed by atoms with van der Waals surface area (Å²) in [5.74, 6) is 0.533. The summed E-state index contributed by atoms with van der Waals surface area (Å²) in [6.07, 6.45) is 2.98. The molecule has 0 unspecified atom stereocenters. The van der Waals surface area contributed by atoms with E-state index < -0.39 is 5.41 Å². The Morgan fingerprint density at radius 2 is 0.946 bits per heavy atom. The van der Waals surface area contributed by atoms with Gasteiger partial charge in [0.15, 0.2) is 0 Å². The zero-order valence-corrected chi connectivity index (χ0v) is 21.1. The topological polar surface area (TPSA) is 40.5 Å². The molecule has 0 bridgehead atoms. The van der Waals surface area contributed by atoms with Crippen LogP contribution >= 0.6 is 0 Å². The van der Waals surface area contributed by atoms with Gasteiger partial charge in [-0.1, -0.05) is 123 Å². The molecule has 37 heavy (non-hydrogen) atoms. The van der Waals surface area contributed by atoms with Crippen molar-refractivity contribution in [3.8, 4) is 33.8 Å². The lowest BCUT2D eigenvalue weighted by Gasteiger charge is -2.37. The van der Waals surface area contributed by atoms with Crippen molar-refractivity contribution in [1.82, 2.24) is 0 Å². The molecule has 0 heterocycles. The highest BCUT2D eigenvalue weighted by molar-refractivity contribution is 5.74. The SMILES string of the molecule is CCCCC(c1ccccc1)(c1ccc(O)c(-c2ccccc2)c1)c1ccc(O)c(-c2ccccc2)c1. The van der Waals surface area contributed by atoms with Crippen molar-refractivity contribution in [2.75, 3.05) is 0 Å². The molecular weight excluding hydrogens is 452 g/mol. The molecule has 184 valence electrons. The van der Waals surface area contributed by atoms with Crippen molar-refractivity contribution in [3.63, 3.8) is 0 Å². The largest absolute Gasteiger partial charge is 0.507 e. The van der Waals surface area contributed by atoms with Crippen molar-refractivity contribution in [3.05, 3.63) is 144 Å². The normalized spacial score (nSPS) is 11.4. The highest BCUT2D eigenvalue weighted by Gasteiger charge is 2.37. The highest BCUT2D eigenvalue weighted by Crippen LogP contribution is 2.47. The van der Waals surface area contributed by atoms with Gasteiger partial charge < -0.3 is 10.2 Å². The molecule has 0 aliphatic rings. The second-order valence-electron chi connectivity index (χ2n) is 9.57. The van der Waals surface area contributed by atoms with E-state index in [4.69, 9.17) is 0 Å². The summed E-state index contributed by atoms with van der Waals surface area (Å²) in [6, 6.07) is 42.7. The number of unbranched alkanes of at least 4 members (excludes halogenated alkanes) is 1. The summed E-state index contributed by atoms with van der Waals surface area (Å²) in [4.78, 5) is 0. The van der Waals surface area contributed by atoms with Crippen LogP contribution in [-0.4, -0.2) is 10.2 Å². The fourth-order valence-electron chi connectivity index (χ4n) is 5.40. The molecule has 2 heteroatoms. The van der Waals surface area contributed by atoms with Crippen molar-refractivity contribution >= 4 is 0 Å². The Bertz CT molecular complexity index is 1370. The third-order valence-electron chi connectivity index (χ3n) is 7.32. The number of hydrogen-bond donors (Lipinski definition) is 2. The number of rotatable bonds is 8. The first kappa shape index (κ1) is 24.4. The van der Waals surface area contributed by atoms with Crippen LogP contribution in [0.5, 0.6) is 11.5 Å².